The third-order valence-electron chi connectivity index (χ3n) is 2.57. The van der Waals surface area contributed by atoms with Crippen molar-refractivity contribution in [2.75, 3.05) is 0 Å². The zero-order chi connectivity index (χ0) is 13.2. The number of rotatable bonds is 3. The first-order valence-corrected chi connectivity index (χ1v) is 6.91. The van der Waals surface area contributed by atoms with Gasteiger partial charge in [-0.15, -0.1) is 0 Å². The minimum atomic E-state index is -4.40. The highest BCUT2D eigenvalue weighted by Gasteiger charge is 2.33. The maximum absolute atomic E-state index is 11.9. The van der Waals surface area contributed by atoms with Gasteiger partial charge in [-0.3, -0.25) is 4.57 Å². The van der Waals surface area contributed by atoms with E-state index in [0.29, 0.717) is 11.1 Å². The zero-order valence-corrected chi connectivity index (χ0v) is 10.2. The van der Waals surface area contributed by atoms with Gasteiger partial charge in [-0.1, -0.05) is 48.5 Å². The molecule has 2 aromatic rings. The highest BCUT2D eigenvalue weighted by Crippen LogP contribution is 2.42. The van der Waals surface area contributed by atoms with Gasteiger partial charge in [-0.05, 0) is 17.2 Å². The van der Waals surface area contributed by atoms with Crippen molar-refractivity contribution in [2.24, 2.45) is 0 Å². The van der Waals surface area contributed by atoms with Gasteiger partial charge in [0.05, 0.1) is 5.30 Å². The van der Waals surface area contributed by atoms with E-state index in [9.17, 15) is 14.3 Å². The van der Waals surface area contributed by atoms with Crippen LogP contribution in [0.3, 0.4) is 0 Å². The predicted octanol–water partition coefficient (Wildman–Crippen LogP) is 2.93. The summed E-state index contributed by atoms with van der Waals surface area (Å²) in [6, 6.07) is 15.2. The van der Waals surface area contributed by atoms with Crippen LogP contribution in [0.5, 0.6) is 0 Å². The van der Waals surface area contributed by atoms with Crippen molar-refractivity contribution >= 4 is 18.4 Å². The van der Waals surface area contributed by atoms with E-state index >= 15 is 0 Å². The molecule has 0 fully saturated rings. The summed E-state index contributed by atoms with van der Waals surface area (Å²) >= 11 is 0. The zero-order valence-electron chi connectivity index (χ0n) is 9.35. The molecule has 2 aromatic carbocycles. The summed E-state index contributed by atoms with van der Waals surface area (Å²) in [5, 5.41) is 8.80. The third-order valence-corrected chi connectivity index (χ3v) is 4.14. The molecule has 0 aliphatic heterocycles. The number of carbonyl (C=O) groups is 1. The second-order valence-corrected chi connectivity index (χ2v) is 5.76. The topological polar surface area (TPSA) is 74.6 Å². The summed E-state index contributed by atoms with van der Waals surface area (Å²) in [5.74, 6) is 0. The van der Waals surface area contributed by atoms with Gasteiger partial charge in [0.2, 0.25) is 0 Å². The second kappa shape index (κ2) is 4.77. The molecule has 1 atom stereocenters. The largest absolute Gasteiger partial charge is 0.474 e. The van der Waals surface area contributed by atoms with Gasteiger partial charge >= 0.3 is 13.1 Å². The van der Waals surface area contributed by atoms with Crippen LogP contribution < -0.4 is 5.30 Å². The highest BCUT2D eigenvalue weighted by molar-refractivity contribution is 7.81. The smallest absolute Gasteiger partial charge is 0.393 e. The molecule has 2 rings (SSSR count). The molecule has 0 saturated heterocycles. The van der Waals surface area contributed by atoms with Crippen LogP contribution >= 0.6 is 7.37 Å². The molecule has 0 amide bonds. The number of hydrogen-bond donors (Lipinski definition) is 2. The standard InChI is InChI=1S/C13H11O4P/c14-13(15)18(16,17)12-9-5-4-8-11(12)10-6-2-1-3-7-10/h1-9H,(H,14,15)(H,16,17). The Kier molecular flexibility index (Phi) is 3.32. The van der Waals surface area contributed by atoms with Gasteiger partial charge in [0.1, 0.15) is 0 Å². The molecule has 0 aliphatic carbocycles. The van der Waals surface area contributed by atoms with E-state index < -0.39 is 13.1 Å². The minimum absolute atomic E-state index is 0.0521. The van der Waals surface area contributed by atoms with E-state index in [0.717, 1.165) is 0 Å². The van der Waals surface area contributed by atoms with Crippen LogP contribution in [-0.2, 0) is 4.57 Å². The predicted molar refractivity (Wildman–Crippen MR) is 69.4 cm³/mol. The molecule has 4 nitrogen and oxygen atoms in total. The SMILES string of the molecule is O=C(O)P(=O)(O)c1ccccc1-c1ccccc1. The molecule has 92 valence electrons. The minimum Gasteiger partial charge on any atom is -0.474 e. The molecule has 2 N–H and O–H groups in total. The fraction of sp³-hybridized carbons (Fsp3) is 0. The van der Waals surface area contributed by atoms with Crippen LogP contribution in [0.2, 0.25) is 0 Å². The molecular weight excluding hydrogens is 251 g/mol. The molecule has 0 saturated carbocycles. The van der Waals surface area contributed by atoms with Crippen molar-refractivity contribution < 1.29 is 19.4 Å². The van der Waals surface area contributed by atoms with Gasteiger partial charge < -0.3 is 10.00 Å². The normalized spacial score (nSPS) is 13.8. The van der Waals surface area contributed by atoms with Crippen molar-refractivity contribution in [3.63, 3.8) is 0 Å². The van der Waals surface area contributed by atoms with E-state index in [2.05, 4.69) is 0 Å². The monoisotopic (exact) mass is 262 g/mol. The third kappa shape index (κ3) is 2.21. The quantitative estimate of drug-likeness (QED) is 0.834. The Labute approximate surface area is 104 Å². The molecule has 1 unspecified atom stereocenters. The first-order chi connectivity index (χ1) is 8.53. The Morgan fingerprint density at radius 2 is 1.50 bits per heavy atom. The first kappa shape index (κ1) is 12.6. The summed E-state index contributed by atoms with van der Waals surface area (Å²) in [7, 11) is -4.40. The van der Waals surface area contributed by atoms with Gasteiger partial charge in [-0.25, -0.2) is 4.79 Å². The van der Waals surface area contributed by atoms with Gasteiger partial charge in [0, 0.05) is 0 Å². The van der Waals surface area contributed by atoms with Crippen LogP contribution in [0.15, 0.2) is 54.6 Å². The second-order valence-electron chi connectivity index (χ2n) is 3.74. The molecule has 0 aromatic heterocycles. The van der Waals surface area contributed by atoms with E-state index in [1.807, 2.05) is 6.07 Å². The molecular formula is C13H11O4P. The maximum atomic E-state index is 11.9. The molecule has 0 heterocycles. The number of benzene rings is 2. The van der Waals surface area contributed by atoms with Crippen LogP contribution in [-0.4, -0.2) is 15.7 Å². The molecule has 5 heteroatoms. The lowest BCUT2D eigenvalue weighted by atomic mass is 10.1. The van der Waals surface area contributed by atoms with Gasteiger partial charge in [-0.2, -0.15) is 0 Å². The van der Waals surface area contributed by atoms with E-state index in [-0.39, 0.29) is 5.30 Å². The van der Waals surface area contributed by atoms with Crippen molar-refractivity contribution in [1.29, 1.82) is 0 Å². The van der Waals surface area contributed by atoms with Crippen LogP contribution in [0.4, 0.5) is 4.79 Å². The fourth-order valence-electron chi connectivity index (χ4n) is 1.70. The number of carboxylic acid groups (broad SMARTS) is 1. The summed E-state index contributed by atoms with van der Waals surface area (Å²) < 4.78 is 11.9. The number of hydrogen-bond acceptors (Lipinski definition) is 2. The van der Waals surface area contributed by atoms with E-state index in [4.69, 9.17) is 5.11 Å². The van der Waals surface area contributed by atoms with Crippen molar-refractivity contribution in [3.05, 3.63) is 54.6 Å². The lowest BCUT2D eigenvalue weighted by Crippen LogP contribution is -2.13. The van der Waals surface area contributed by atoms with Crippen LogP contribution in [0.25, 0.3) is 11.1 Å². The Morgan fingerprint density at radius 1 is 0.944 bits per heavy atom. The summed E-state index contributed by atoms with van der Waals surface area (Å²) in [6.07, 6.45) is 0. The Bertz CT molecular complexity index is 622. The first-order valence-electron chi connectivity index (χ1n) is 5.25. The van der Waals surface area contributed by atoms with Crippen LogP contribution in [0.1, 0.15) is 0 Å². The average molecular weight is 262 g/mol. The van der Waals surface area contributed by atoms with E-state index in [1.165, 1.54) is 6.07 Å². The average Bonchev–Trinajstić information content (AvgIpc) is 2.39. The van der Waals surface area contributed by atoms with Crippen LogP contribution in [0, 0.1) is 0 Å². The summed E-state index contributed by atoms with van der Waals surface area (Å²) in [6.45, 7) is 0. The molecule has 0 radical (unpaired) electrons. The highest BCUT2D eigenvalue weighted by atomic mass is 31.2. The Morgan fingerprint density at radius 3 is 2.11 bits per heavy atom. The lowest BCUT2D eigenvalue weighted by Gasteiger charge is -2.12. The van der Waals surface area contributed by atoms with Crippen molar-refractivity contribution in [3.8, 4) is 11.1 Å². The molecule has 0 aliphatic rings. The fourth-order valence-corrected chi connectivity index (χ4v) is 2.73. The van der Waals surface area contributed by atoms with Gasteiger partial charge in [0.25, 0.3) is 0 Å². The van der Waals surface area contributed by atoms with E-state index in [1.54, 1.807) is 42.5 Å². The summed E-state index contributed by atoms with van der Waals surface area (Å²) in [5.41, 5.74) is -0.527. The Hall–Kier alpha value is -1.90. The lowest BCUT2D eigenvalue weighted by molar-refractivity contribution is 0.216. The van der Waals surface area contributed by atoms with Gasteiger partial charge in [0.15, 0.2) is 0 Å². The Balaban J connectivity index is 2.65. The molecule has 0 spiro atoms. The van der Waals surface area contributed by atoms with Crippen molar-refractivity contribution in [2.45, 2.75) is 0 Å². The van der Waals surface area contributed by atoms with Crippen molar-refractivity contribution in [1.82, 2.24) is 0 Å². The maximum Gasteiger partial charge on any atom is 0.393 e. The molecule has 18 heavy (non-hydrogen) atoms. The summed E-state index contributed by atoms with van der Waals surface area (Å²) in [4.78, 5) is 20.6. The molecule has 0 bridgehead atoms.